The second kappa shape index (κ2) is 5.10. The van der Waals surface area contributed by atoms with E-state index in [4.69, 9.17) is 5.11 Å². The Morgan fingerprint density at radius 2 is 2.38 bits per heavy atom. The maximum Gasteiger partial charge on any atom is 0.331 e. The van der Waals surface area contributed by atoms with E-state index in [1.807, 2.05) is 13.1 Å². The van der Waals surface area contributed by atoms with Gasteiger partial charge in [0, 0.05) is 33.1 Å². The Balaban J connectivity index is 2.38. The van der Waals surface area contributed by atoms with Crippen molar-refractivity contribution in [2.24, 2.45) is 4.99 Å². The zero-order valence-corrected chi connectivity index (χ0v) is 10.7. The fraction of sp³-hybridized carbons (Fsp3) is 0.455. The van der Waals surface area contributed by atoms with Gasteiger partial charge in [-0.15, -0.1) is 23.5 Å². The molecule has 0 aliphatic carbocycles. The van der Waals surface area contributed by atoms with Crippen molar-refractivity contribution in [1.29, 1.82) is 0 Å². The third kappa shape index (κ3) is 2.20. The Morgan fingerprint density at radius 3 is 3.06 bits per heavy atom. The number of aliphatic carboxylic acids is 1. The molecule has 0 unspecified atom stereocenters. The Kier molecular flexibility index (Phi) is 3.76. The maximum absolute atomic E-state index is 11.1. The van der Waals surface area contributed by atoms with Crippen LogP contribution >= 0.6 is 23.5 Å². The van der Waals surface area contributed by atoms with E-state index in [0.29, 0.717) is 18.5 Å². The van der Waals surface area contributed by atoms with Crippen molar-refractivity contribution in [2.75, 3.05) is 18.1 Å². The van der Waals surface area contributed by atoms with Gasteiger partial charge in [0.2, 0.25) is 0 Å². The van der Waals surface area contributed by atoms with Crippen molar-refractivity contribution in [3.8, 4) is 0 Å². The van der Waals surface area contributed by atoms with E-state index in [1.165, 1.54) is 9.81 Å². The van der Waals surface area contributed by atoms with E-state index in [2.05, 4.69) is 4.99 Å². The molecule has 0 fully saturated rings. The number of carboxylic acid groups (broad SMARTS) is 1. The van der Waals surface area contributed by atoms with Gasteiger partial charge in [0.15, 0.2) is 0 Å². The van der Waals surface area contributed by atoms with Gasteiger partial charge in [0.05, 0.1) is 6.54 Å². The van der Waals surface area contributed by atoms with Gasteiger partial charge in [0.25, 0.3) is 0 Å². The van der Waals surface area contributed by atoms with Crippen molar-refractivity contribution in [3.05, 3.63) is 21.0 Å². The lowest BCUT2D eigenvalue weighted by Crippen LogP contribution is -2.05. The van der Waals surface area contributed by atoms with E-state index in [1.54, 1.807) is 23.5 Å². The predicted octanol–water partition coefficient (Wildman–Crippen LogP) is 2.55. The van der Waals surface area contributed by atoms with Crippen LogP contribution in [-0.4, -0.2) is 35.3 Å². The summed E-state index contributed by atoms with van der Waals surface area (Å²) in [7, 11) is 0. The van der Waals surface area contributed by atoms with Gasteiger partial charge in [-0.2, -0.15) is 0 Å². The highest BCUT2D eigenvalue weighted by molar-refractivity contribution is 8.08. The molecule has 0 saturated carbocycles. The van der Waals surface area contributed by atoms with Crippen LogP contribution in [0.5, 0.6) is 0 Å². The molecular formula is C11H13NO2S2. The van der Waals surface area contributed by atoms with Crippen molar-refractivity contribution >= 4 is 35.7 Å². The number of thioether (sulfide) groups is 2. The Labute approximate surface area is 103 Å². The summed E-state index contributed by atoms with van der Waals surface area (Å²) in [6, 6.07) is 0. The normalized spacial score (nSPS) is 23.1. The highest BCUT2D eigenvalue weighted by atomic mass is 32.2. The number of hydrogen-bond acceptors (Lipinski definition) is 4. The van der Waals surface area contributed by atoms with Crippen molar-refractivity contribution in [2.45, 2.75) is 13.3 Å². The number of nitrogens with zero attached hydrogens (tertiary/aromatic N) is 1. The maximum atomic E-state index is 11.1. The number of carboxylic acids is 1. The molecule has 2 aliphatic rings. The summed E-state index contributed by atoms with van der Waals surface area (Å²) < 4.78 is 0. The second-order valence-corrected chi connectivity index (χ2v) is 5.59. The number of hydrogen-bond donors (Lipinski definition) is 1. The number of aliphatic imine (C=N–C) groups is 1. The molecule has 0 aromatic heterocycles. The molecule has 2 aliphatic heterocycles. The average Bonchev–Trinajstić information content (AvgIpc) is 2.50. The SMILES string of the molecule is CCC(C(=O)O)=C1CSC2=C1SCC=NC2. The van der Waals surface area contributed by atoms with Crippen LogP contribution in [0.2, 0.25) is 0 Å². The summed E-state index contributed by atoms with van der Waals surface area (Å²) in [6.07, 6.45) is 2.50. The van der Waals surface area contributed by atoms with E-state index in [9.17, 15) is 4.79 Å². The minimum atomic E-state index is -0.780. The third-order valence-corrected chi connectivity index (χ3v) is 4.90. The second-order valence-electron chi connectivity index (χ2n) is 3.49. The van der Waals surface area contributed by atoms with Gasteiger partial charge >= 0.3 is 5.97 Å². The van der Waals surface area contributed by atoms with E-state index in [-0.39, 0.29) is 0 Å². The molecule has 5 heteroatoms. The zero-order chi connectivity index (χ0) is 11.5. The molecule has 0 aromatic carbocycles. The van der Waals surface area contributed by atoms with Crippen molar-refractivity contribution < 1.29 is 9.90 Å². The average molecular weight is 255 g/mol. The quantitative estimate of drug-likeness (QED) is 0.770. The fourth-order valence-corrected chi connectivity index (χ4v) is 4.23. The minimum Gasteiger partial charge on any atom is -0.478 e. The zero-order valence-electron chi connectivity index (χ0n) is 9.02. The standard InChI is InChI=1S/C11H13NO2S2/c1-2-7(11(13)14)8-6-16-9-5-12-3-4-15-10(8)9/h3H,2,4-6H2,1H3,(H,13,14). The lowest BCUT2D eigenvalue weighted by molar-refractivity contribution is -0.132. The summed E-state index contributed by atoms with van der Waals surface area (Å²) in [6.45, 7) is 2.62. The summed E-state index contributed by atoms with van der Waals surface area (Å²) in [5.74, 6) is 0.861. The topological polar surface area (TPSA) is 49.7 Å². The number of carbonyl (C=O) groups is 1. The highest BCUT2D eigenvalue weighted by Crippen LogP contribution is 2.44. The van der Waals surface area contributed by atoms with Crippen molar-refractivity contribution in [1.82, 2.24) is 0 Å². The van der Waals surface area contributed by atoms with Crippen LogP contribution < -0.4 is 0 Å². The third-order valence-electron chi connectivity index (χ3n) is 2.56. The Hall–Kier alpha value is -0.680. The number of rotatable bonds is 2. The van der Waals surface area contributed by atoms with E-state index in [0.717, 1.165) is 17.1 Å². The summed E-state index contributed by atoms with van der Waals surface area (Å²) >= 11 is 3.44. The Bertz CT molecular complexity index is 410. The first kappa shape index (κ1) is 11.8. The lowest BCUT2D eigenvalue weighted by Gasteiger charge is -2.07. The first-order valence-corrected chi connectivity index (χ1v) is 7.13. The van der Waals surface area contributed by atoms with Crippen LogP contribution in [0.4, 0.5) is 0 Å². The molecule has 2 heterocycles. The molecule has 0 spiro atoms. The van der Waals surface area contributed by atoms with E-state index >= 15 is 0 Å². The number of allylic oxidation sites excluding steroid dienone is 1. The van der Waals surface area contributed by atoms with Crippen LogP contribution in [0.3, 0.4) is 0 Å². The van der Waals surface area contributed by atoms with Gasteiger partial charge in [-0.05, 0) is 12.0 Å². The molecule has 2 rings (SSSR count). The molecule has 16 heavy (non-hydrogen) atoms. The summed E-state index contributed by atoms with van der Waals surface area (Å²) in [5, 5.41) is 9.16. The van der Waals surface area contributed by atoms with Gasteiger partial charge in [0.1, 0.15) is 0 Å². The summed E-state index contributed by atoms with van der Waals surface area (Å²) in [4.78, 5) is 17.8. The molecule has 3 nitrogen and oxygen atoms in total. The van der Waals surface area contributed by atoms with Gasteiger partial charge in [-0.25, -0.2) is 4.79 Å². The largest absolute Gasteiger partial charge is 0.478 e. The molecule has 0 atom stereocenters. The molecule has 1 N–H and O–H groups in total. The molecule has 0 aromatic rings. The minimum absolute atomic E-state index is 0.562. The Morgan fingerprint density at radius 1 is 1.56 bits per heavy atom. The fourth-order valence-electron chi connectivity index (χ4n) is 1.78. The van der Waals surface area contributed by atoms with E-state index < -0.39 is 5.97 Å². The van der Waals surface area contributed by atoms with Crippen LogP contribution in [0.25, 0.3) is 0 Å². The van der Waals surface area contributed by atoms with Crippen LogP contribution in [-0.2, 0) is 4.79 Å². The molecule has 0 saturated heterocycles. The summed E-state index contributed by atoms with van der Waals surface area (Å²) in [5.41, 5.74) is 1.58. The van der Waals surface area contributed by atoms with Crippen LogP contribution in [0, 0.1) is 0 Å². The van der Waals surface area contributed by atoms with Crippen LogP contribution in [0.1, 0.15) is 13.3 Å². The molecule has 0 radical (unpaired) electrons. The molecule has 0 amide bonds. The first-order chi connectivity index (χ1) is 7.74. The highest BCUT2D eigenvalue weighted by Gasteiger charge is 2.26. The molecule has 86 valence electrons. The predicted molar refractivity (Wildman–Crippen MR) is 70.3 cm³/mol. The van der Waals surface area contributed by atoms with Gasteiger partial charge < -0.3 is 5.11 Å². The van der Waals surface area contributed by atoms with Crippen molar-refractivity contribution in [3.63, 3.8) is 0 Å². The monoisotopic (exact) mass is 255 g/mol. The van der Waals surface area contributed by atoms with Gasteiger partial charge in [-0.1, -0.05) is 6.92 Å². The molecule has 0 bridgehead atoms. The first-order valence-electron chi connectivity index (χ1n) is 5.16. The smallest absolute Gasteiger partial charge is 0.331 e. The lowest BCUT2D eigenvalue weighted by atomic mass is 10.1. The molecular weight excluding hydrogens is 242 g/mol. The van der Waals surface area contributed by atoms with Crippen LogP contribution in [0.15, 0.2) is 25.9 Å². The van der Waals surface area contributed by atoms with Gasteiger partial charge in [-0.3, -0.25) is 4.99 Å².